The van der Waals surface area contributed by atoms with Crippen LogP contribution in [-0.2, 0) is 6.42 Å². The molecule has 2 N–H and O–H groups in total. The Kier molecular flexibility index (Phi) is 4.89. The van der Waals surface area contributed by atoms with Crippen LogP contribution in [0.1, 0.15) is 32.7 Å². The van der Waals surface area contributed by atoms with E-state index in [1.54, 1.807) is 12.1 Å². The molecule has 1 amide bonds. The molecule has 0 spiro atoms. The number of amides is 1. The van der Waals surface area contributed by atoms with E-state index in [-0.39, 0.29) is 5.91 Å². The van der Waals surface area contributed by atoms with E-state index in [0.717, 1.165) is 30.5 Å². The van der Waals surface area contributed by atoms with E-state index >= 15 is 0 Å². The summed E-state index contributed by atoms with van der Waals surface area (Å²) in [5.74, 6) is 0.175. The topological polar surface area (TPSA) is 99.2 Å². The van der Waals surface area contributed by atoms with Crippen molar-refractivity contribution in [3.63, 3.8) is 0 Å². The Bertz CT molecular complexity index is 966. The first-order valence-electron chi connectivity index (χ1n) is 9.17. The highest BCUT2D eigenvalue weighted by Gasteiger charge is 2.27. The monoisotopic (exact) mass is 376 g/mol. The number of H-pyrrole nitrogens is 1. The Balaban J connectivity index is 1.37. The van der Waals surface area contributed by atoms with Gasteiger partial charge in [0, 0.05) is 24.2 Å². The van der Waals surface area contributed by atoms with Gasteiger partial charge in [0.05, 0.1) is 5.56 Å². The van der Waals surface area contributed by atoms with Crippen molar-refractivity contribution in [2.75, 3.05) is 13.1 Å². The number of hydrogen-bond acceptors (Lipinski definition) is 4. The van der Waals surface area contributed by atoms with Crippen molar-refractivity contribution in [2.24, 2.45) is 5.92 Å². The minimum Gasteiger partial charge on any atom is -0.478 e. The number of aromatic nitrogens is 3. The Morgan fingerprint density at radius 3 is 2.43 bits per heavy atom. The van der Waals surface area contributed by atoms with Crippen molar-refractivity contribution in [3.8, 4) is 11.4 Å². The number of benzene rings is 2. The zero-order valence-corrected chi connectivity index (χ0v) is 15.2. The van der Waals surface area contributed by atoms with Gasteiger partial charge in [-0.2, -0.15) is 5.10 Å². The molecular weight excluding hydrogens is 356 g/mol. The normalized spacial score (nSPS) is 16.3. The summed E-state index contributed by atoms with van der Waals surface area (Å²) in [6.45, 7) is 1.45. The number of carboxylic acid groups (broad SMARTS) is 1. The third-order valence-corrected chi connectivity index (χ3v) is 5.12. The van der Waals surface area contributed by atoms with Gasteiger partial charge in [0.25, 0.3) is 5.91 Å². The van der Waals surface area contributed by atoms with Gasteiger partial charge in [-0.25, -0.2) is 9.78 Å². The Morgan fingerprint density at radius 1 is 1.07 bits per heavy atom. The third kappa shape index (κ3) is 3.78. The third-order valence-electron chi connectivity index (χ3n) is 5.12. The Morgan fingerprint density at radius 2 is 1.79 bits per heavy atom. The second-order valence-corrected chi connectivity index (χ2v) is 7.02. The average Bonchev–Trinajstić information content (AvgIpc) is 3.40. The number of rotatable bonds is 5. The standard InChI is InChI=1S/C21H20N4O3/c26-20(17-7-5-16(6-8-17)19-22-13-23-24-19)25-10-9-15(12-25)11-14-1-3-18(4-2-14)21(27)28/h1-8,13,15H,9-12H2,(H,27,28)(H,22,23,24)/t15-/m1/s1. The second-order valence-electron chi connectivity index (χ2n) is 7.02. The number of aromatic carboxylic acids is 1. The maximum atomic E-state index is 12.8. The van der Waals surface area contributed by atoms with Crippen LogP contribution in [0.3, 0.4) is 0 Å². The van der Waals surface area contributed by atoms with E-state index in [0.29, 0.717) is 29.4 Å². The fourth-order valence-electron chi connectivity index (χ4n) is 3.60. The van der Waals surface area contributed by atoms with E-state index < -0.39 is 5.97 Å². The summed E-state index contributed by atoms with van der Waals surface area (Å²) in [5, 5.41) is 15.6. The van der Waals surface area contributed by atoms with Gasteiger partial charge < -0.3 is 10.0 Å². The molecule has 4 rings (SSSR count). The summed E-state index contributed by atoms with van der Waals surface area (Å²) in [5.41, 5.74) is 2.94. The molecular formula is C21H20N4O3. The van der Waals surface area contributed by atoms with Crippen LogP contribution in [0.15, 0.2) is 54.9 Å². The fourth-order valence-corrected chi connectivity index (χ4v) is 3.60. The SMILES string of the molecule is O=C(O)c1ccc(C[C@H]2CCN(C(=O)c3ccc(-c4ncn[nH]4)cc3)C2)cc1. The molecule has 0 bridgehead atoms. The maximum absolute atomic E-state index is 12.8. The number of nitrogens with one attached hydrogen (secondary N) is 1. The van der Waals surface area contributed by atoms with E-state index in [1.807, 2.05) is 41.3 Å². The Labute approximate surface area is 162 Å². The van der Waals surface area contributed by atoms with Crippen molar-refractivity contribution >= 4 is 11.9 Å². The van der Waals surface area contributed by atoms with Gasteiger partial charge in [-0.1, -0.05) is 24.3 Å². The molecule has 1 saturated heterocycles. The average molecular weight is 376 g/mol. The van der Waals surface area contributed by atoms with Crippen molar-refractivity contribution in [1.82, 2.24) is 20.1 Å². The molecule has 7 nitrogen and oxygen atoms in total. The molecule has 1 atom stereocenters. The molecule has 2 aromatic carbocycles. The van der Waals surface area contributed by atoms with E-state index in [9.17, 15) is 9.59 Å². The van der Waals surface area contributed by atoms with Crippen LogP contribution in [0, 0.1) is 5.92 Å². The summed E-state index contributed by atoms with van der Waals surface area (Å²) in [6, 6.07) is 14.3. The van der Waals surface area contributed by atoms with E-state index in [1.165, 1.54) is 6.33 Å². The molecule has 0 saturated carbocycles. The molecule has 0 radical (unpaired) electrons. The van der Waals surface area contributed by atoms with Crippen LogP contribution in [-0.4, -0.2) is 50.2 Å². The lowest BCUT2D eigenvalue weighted by atomic mass is 9.98. The molecule has 2 heterocycles. The molecule has 1 aliphatic heterocycles. The predicted octanol–water partition coefficient (Wildman–Crippen LogP) is 2.87. The summed E-state index contributed by atoms with van der Waals surface area (Å²) in [6.07, 6.45) is 3.24. The minimum absolute atomic E-state index is 0.0350. The minimum atomic E-state index is -0.918. The van der Waals surface area contributed by atoms with Crippen molar-refractivity contribution in [2.45, 2.75) is 12.8 Å². The lowest BCUT2D eigenvalue weighted by Crippen LogP contribution is -2.28. The molecule has 142 valence electrons. The highest BCUT2D eigenvalue weighted by molar-refractivity contribution is 5.94. The fraction of sp³-hybridized carbons (Fsp3) is 0.238. The van der Waals surface area contributed by atoms with E-state index in [2.05, 4.69) is 15.2 Å². The number of aromatic amines is 1. The number of carbonyl (C=O) groups is 2. The van der Waals surface area contributed by atoms with Crippen LogP contribution in [0.2, 0.25) is 0 Å². The molecule has 0 aliphatic carbocycles. The first kappa shape index (κ1) is 17.9. The lowest BCUT2D eigenvalue weighted by molar-refractivity contribution is 0.0696. The van der Waals surface area contributed by atoms with Crippen LogP contribution in [0.5, 0.6) is 0 Å². The first-order valence-corrected chi connectivity index (χ1v) is 9.17. The van der Waals surface area contributed by atoms with Gasteiger partial charge in [-0.3, -0.25) is 9.89 Å². The van der Waals surface area contributed by atoms with E-state index in [4.69, 9.17) is 5.11 Å². The van der Waals surface area contributed by atoms with Crippen molar-refractivity contribution < 1.29 is 14.7 Å². The van der Waals surface area contributed by atoms with Crippen LogP contribution < -0.4 is 0 Å². The van der Waals surface area contributed by atoms with Gasteiger partial charge >= 0.3 is 5.97 Å². The Hall–Kier alpha value is -3.48. The lowest BCUT2D eigenvalue weighted by Gasteiger charge is -2.17. The molecule has 0 unspecified atom stereocenters. The van der Waals surface area contributed by atoms with Gasteiger partial charge in [0.1, 0.15) is 6.33 Å². The second kappa shape index (κ2) is 7.64. The number of hydrogen-bond donors (Lipinski definition) is 2. The number of nitrogens with zero attached hydrogens (tertiary/aromatic N) is 3. The summed E-state index contributed by atoms with van der Waals surface area (Å²) >= 11 is 0. The molecule has 1 aliphatic rings. The van der Waals surface area contributed by atoms with Crippen LogP contribution in [0.4, 0.5) is 0 Å². The number of carbonyl (C=O) groups excluding carboxylic acids is 1. The van der Waals surface area contributed by atoms with Gasteiger partial charge in [0.2, 0.25) is 0 Å². The van der Waals surface area contributed by atoms with Gasteiger partial charge in [0.15, 0.2) is 5.82 Å². The molecule has 28 heavy (non-hydrogen) atoms. The first-order chi connectivity index (χ1) is 13.6. The van der Waals surface area contributed by atoms with Gasteiger partial charge in [-0.05, 0) is 48.6 Å². The van der Waals surface area contributed by atoms with Gasteiger partial charge in [-0.15, -0.1) is 0 Å². The molecule has 7 heteroatoms. The largest absolute Gasteiger partial charge is 0.478 e. The van der Waals surface area contributed by atoms with Crippen molar-refractivity contribution in [1.29, 1.82) is 0 Å². The molecule has 1 fully saturated rings. The summed E-state index contributed by atoms with van der Waals surface area (Å²) in [4.78, 5) is 29.7. The number of carboxylic acids is 1. The number of likely N-dealkylation sites (tertiary alicyclic amines) is 1. The highest BCUT2D eigenvalue weighted by atomic mass is 16.4. The zero-order valence-electron chi connectivity index (χ0n) is 15.2. The zero-order chi connectivity index (χ0) is 19.5. The summed E-state index contributed by atoms with van der Waals surface area (Å²) in [7, 11) is 0. The molecule has 1 aromatic heterocycles. The maximum Gasteiger partial charge on any atom is 0.335 e. The molecule has 3 aromatic rings. The summed E-state index contributed by atoms with van der Waals surface area (Å²) < 4.78 is 0. The smallest absolute Gasteiger partial charge is 0.335 e. The van der Waals surface area contributed by atoms with Crippen LogP contribution in [0.25, 0.3) is 11.4 Å². The highest BCUT2D eigenvalue weighted by Crippen LogP contribution is 2.23. The quantitative estimate of drug-likeness (QED) is 0.713. The van der Waals surface area contributed by atoms with Crippen molar-refractivity contribution in [3.05, 3.63) is 71.5 Å². The van der Waals surface area contributed by atoms with Crippen LogP contribution >= 0.6 is 0 Å². The predicted molar refractivity (Wildman–Crippen MR) is 103 cm³/mol.